The number of aliphatic carboxylic acids is 1. The van der Waals surface area contributed by atoms with Crippen molar-refractivity contribution in [2.45, 2.75) is 11.0 Å². The maximum absolute atomic E-state index is 11.7. The number of rotatable bonds is 6. The highest BCUT2D eigenvalue weighted by Gasteiger charge is 2.23. The molecule has 0 spiro atoms. The second-order valence-electron chi connectivity index (χ2n) is 3.35. The monoisotopic (exact) mass is 293 g/mol. The van der Waals surface area contributed by atoms with Crippen LogP contribution in [0.2, 0.25) is 0 Å². The quantitative estimate of drug-likeness (QED) is 0.449. The van der Waals surface area contributed by atoms with Crippen molar-refractivity contribution in [3.63, 3.8) is 0 Å². The number of ether oxygens (including phenoxy) is 1. The number of aromatic nitrogens is 2. The van der Waals surface area contributed by atoms with Gasteiger partial charge in [-0.05, 0) is 0 Å². The molecule has 0 aliphatic carbocycles. The second kappa shape index (κ2) is 5.77. The van der Waals surface area contributed by atoms with Gasteiger partial charge >= 0.3 is 11.7 Å². The average molecular weight is 293 g/mol. The van der Waals surface area contributed by atoms with Gasteiger partial charge in [0.15, 0.2) is 11.0 Å². The van der Waals surface area contributed by atoms with E-state index in [0.717, 1.165) is 7.11 Å². The van der Waals surface area contributed by atoms with Crippen LogP contribution in [0.5, 0.6) is 0 Å². The number of carboxylic acids is 1. The lowest BCUT2D eigenvalue weighted by atomic mass is 10.4. The molecule has 1 unspecified atom stereocenters. The van der Waals surface area contributed by atoms with Gasteiger partial charge in [0.25, 0.3) is 5.56 Å². The number of aromatic amines is 2. The number of nitrogens with one attached hydrogen (secondary N) is 3. The Balaban J connectivity index is 2.96. The highest BCUT2D eigenvalue weighted by atomic mass is 32.2. The summed E-state index contributed by atoms with van der Waals surface area (Å²) < 4.78 is 29.8. The van der Waals surface area contributed by atoms with E-state index in [9.17, 15) is 22.8 Å². The van der Waals surface area contributed by atoms with Crippen molar-refractivity contribution in [3.05, 3.63) is 27.0 Å². The summed E-state index contributed by atoms with van der Waals surface area (Å²) in [6.45, 7) is -0.563. The van der Waals surface area contributed by atoms with Gasteiger partial charge in [0.1, 0.15) is 0 Å². The summed E-state index contributed by atoms with van der Waals surface area (Å²) in [5, 5.41) is 8.66. The molecule has 1 atom stereocenters. The molecule has 1 heterocycles. The SMILES string of the molecule is COC(CNS(=O)(=O)c1c[nH]c(=O)[nH]c1=O)C(=O)O. The average Bonchev–Trinajstić information content (AvgIpc) is 2.28. The first kappa shape index (κ1) is 15.1. The topological polar surface area (TPSA) is 158 Å². The number of sulfonamides is 1. The van der Waals surface area contributed by atoms with E-state index in [4.69, 9.17) is 5.11 Å². The zero-order chi connectivity index (χ0) is 14.6. The van der Waals surface area contributed by atoms with Crippen molar-refractivity contribution < 1.29 is 23.1 Å². The third-order valence-electron chi connectivity index (χ3n) is 2.09. The minimum atomic E-state index is -4.25. The molecule has 0 radical (unpaired) electrons. The lowest BCUT2D eigenvalue weighted by Crippen LogP contribution is -2.40. The van der Waals surface area contributed by atoms with Crippen LogP contribution in [0.15, 0.2) is 20.7 Å². The molecule has 1 rings (SSSR count). The van der Waals surface area contributed by atoms with Gasteiger partial charge in [-0.15, -0.1) is 0 Å². The van der Waals surface area contributed by atoms with Gasteiger partial charge < -0.3 is 14.8 Å². The Morgan fingerprint density at radius 1 is 1.53 bits per heavy atom. The Hall–Kier alpha value is -1.98. The minimum Gasteiger partial charge on any atom is -0.479 e. The molecule has 19 heavy (non-hydrogen) atoms. The summed E-state index contributed by atoms with van der Waals surface area (Å²) in [6.07, 6.45) is -0.678. The van der Waals surface area contributed by atoms with Crippen LogP contribution in [0.1, 0.15) is 0 Å². The number of methoxy groups -OCH3 is 1. The summed E-state index contributed by atoms with van der Waals surface area (Å²) in [4.78, 5) is 35.7. The van der Waals surface area contributed by atoms with Crippen LogP contribution in [-0.2, 0) is 19.6 Å². The first-order valence-corrected chi connectivity index (χ1v) is 6.33. The molecule has 0 aromatic carbocycles. The van der Waals surface area contributed by atoms with E-state index >= 15 is 0 Å². The highest BCUT2D eigenvalue weighted by molar-refractivity contribution is 7.89. The predicted octanol–water partition coefficient (Wildman–Crippen LogP) is -2.56. The van der Waals surface area contributed by atoms with E-state index in [1.807, 2.05) is 9.71 Å². The van der Waals surface area contributed by atoms with Crippen molar-refractivity contribution in [1.82, 2.24) is 14.7 Å². The van der Waals surface area contributed by atoms with Gasteiger partial charge in [0.05, 0.1) is 0 Å². The number of carbonyl (C=O) groups is 1. The molecule has 10 nitrogen and oxygen atoms in total. The zero-order valence-electron chi connectivity index (χ0n) is 9.67. The molecule has 0 fully saturated rings. The molecule has 0 saturated heterocycles. The fraction of sp³-hybridized carbons (Fsp3) is 0.375. The number of carboxylic acid groups (broad SMARTS) is 1. The van der Waals surface area contributed by atoms with Crippen LogP contribution >= 0.6 is 0 Å². The molecule has 0 amide bonds. The third kappa shape index (κ3) is 3.74. The largest absolute Gasteiger partial charge is 0.479 e. The van der Waals surface area contributed by atoms with Gasteiger partial charge in [0.2, 0.25) is 10.0 Å². The minimum absolute atomic E-state index is 0.563. The lowest BCUT2D eigenvalue weighted by molar-refractivity contribution is -0.147. The van der Waals surface area contributed by atoms with Crippen molar-refractivity contribution in [2.24, 2.45) is 0 Å². The molecular formula is C8H11N3O7S. The molecule has 1 aromatic heterocycles. The number of hydrogen-bond acceptors (Lipinski definition) is 6. The van der Waals surface area contributed by atoms with Crippen LogP contribution < -0.4 is 16.0 Å². The van der Waals surface area contributed by atoms with Gasteiger partial charge in [-0.2, -0.15) is 0 Å². The number of hydrogen-bond donors (Lipinski definition) is 4. The second-order valence-corrected chi connectivity index (χ2v) is 5.09. The highest BCUT2D eigenvalue weighted by Crippen LogP contribution is 1.99. The van der Waals surface area contributed by atoms with E-state index in [1.165, 1.54) is 0 Å². The molecule has 11 heteroatoms. The normalized spacial score (nSPS) is 13.1. The molecule has 0 aliphatic rings. The standard InChI is InChI=1S/C8H11N3O7S/c1-18-4(7(13)14)2-10-19(16,17)5-3-9-8(15)11-6(5)12/h3-4,10H,2H2,1H3,(H,13,14)(H2,9,11,12,15). The van der Waals surface area contributed by atoms with Crippen molar-refractivity contribution >= 4 is 16.0 Å². The molecule has 0 bridgehead atoms. The molecular weight excluding hydrogens is 282 g/mol. The Kier molecular flexibility index (Phi) is 4.58. The van der Waals surface area contributed by atoms with Gasteiger partial charge in [0, 0.05) is 19.9 Å². The van der Waals surface area contributed by atoms with Crippen molar-refractivity contribution in [2.75, 3.05) is 13.7 Å². The van der Waals surface area contributed by atoms with Crippen LogP contribution in [0.25, 0.3) is 0 Å². The van der Waals surface area contributed by atoms with E-state index in [-0.39, 0.29) is 0 Å². The van der Waals surface area contributed by atoms with Crippen LogP contribution in [0, 0.1) is 0 Å². The smallest absolute Gasteiger partial charge is 0.334 e. The summed E-state index contributed by atoms with van der Waals surface area (Å²) in [7, 11) is -3.16. The fourth-order valence-corrected chi connectivity index (χ4v) is 2.17. The molecule has 0 saturated carbocycles. The van der Waals surface area contributed by atoms with Gasteiger partial charge in [-0.1, -0.05) is 0 Å². The van der Waals surface area contributed by atoms with Gasteiger partial charge in [-0.25, -0.2) is 22.7 Å². The maximum Gasteiger partial charge on any atom is 0.334 e. The Bertz CT molecular complexity index is 674. The Morgan fingerprint density at radius 2 is 2.16 bits per heavy atom. The number of H-pyrrole nitrogens is 2. The van der Waals surface area contributed by atoms with E-state index in [2.05, 4.69) is 4.74 Å². The zero-order valence-corrected chi connectivity index (χ0v) is 10.5. The van der Waals surface area contributed by atoms with Crippen LogP contribution in [0.3, 0.4) is 0 Å². The van der Waals surface area contributed by atoms with Crippen molar-refractivity contribution in [3.8, 4) is 0 Å². The molecule has 1 aromatic rings. The van der Waals surface area contributed by atoms with Crippen LogP contribution in [0.4, 0.5) is 0 Å². The first-order chi connectivity index (χ1) is 8.77. The van der Waals surface area contributed by atoms with E-state index < -0.39 is 44.8 Å². The van der Waals surface area contributed by atoms with Gasteiger partial charge in [-0.3, -0.25) is 9.78 Å². The molecule has 106 valence electrons. The Labute approximate surface area is 106 Å². The maximum atomic E-state index is 11.7. The third-order valence-corrected chi connectivity index (χ3v) is 3.52. The lowest BCUT2D eigenvalue weighted by Gasteiger charge is -2.11. The van der Waals surface area contributed by atoms with E-state index in [1.54, 1.807) is 4.98 Å². The fourth-order valence-electron chi connectivity index (χ4n) is 1.13. The van der Waals surface area contributed by atoms with Crippen LogP contribution in [-0.4, -0.2) is 49.2 Å². The Morgan fingerprint density at radius 3 is 2.63 bits per heavy atom. The summed E-state index contributed by atoms with van der Waals surface area (Å²) >= 11 is 0. The molecule has 4 N–H and O–H groups in total. The summed E-state index contributed by atoms with van der Waals surface area (Å²) in [6, 6.07) is 0. The summed E-state index contributed by atoms with van der Waals surface area (Å²) in [5.74, 6) is -1.36. The predicted molar refractivity (Wildman–Crippen MR) is 61.3 cm³/mol. The van der Waals surface area contributed by atoms with E-state index in [0.29, 0.717) is 6.20 Å². The summed E-state index contributed by atoms with van der Waals surface area (Å²) in [5.41, 5.74) is -1.97. The first-order valence-electron chi connectivity index (χ1n) is 4.85. The van der Waals surface area contributed by atoms with Crippen molar-refractivity contribution in [1.29, 1.82) is 0 Å². The molecule has 0 aliphatic heterocycles.